The molecule has 3 N–H and O–H groups in total. The standard InChI is InChI=1S/C14H11Br2ClF2N2/c15-10-2-1-7(17)5-8(10)13(21-20)6-9-12(18)4-3-11(16)14(9)19/h1-5,13,21H,6,20H2. The van der Waals surface area contributed by atoms with Crippen LogP contribution in [0.2, 0.25) is 5.02 Å². The van der Waals surface area contributed by atoms with E-state index in [1.54, 1.807) is 18.2 Å². The van der Waals surface area contributed by atoms with Crippen molar-refractivity contribution < 1.29 is 8.78 Å². The van der Waals surface area contributed by atoms with Crippen LogP contribution >= 0.6 is 43.5 Å². The number of hydrogen-bond acceptors (Lipinski definition) is 2. The minimum atomic E-state index is -0.631. The second kappa shape index (κ2) is 7.15. The molecule has 0 aromatic heterocycles. The Balaban J connectivity index is 2.40. The van der Waals surface area contributed by atoms with Gasteiger partial charge < -0.3 is 0 Å². The minimum Gasteiger partial charge on any atom is -0.271 e. The highest BCUT2D eigenvalue weighted by molar-refractivity contribution is 9.10. The van der Waals surface area contributed by atoms with Gasteiger partial charge in [-0.15, -0.1) is 0 Å². The van der Waals surface area contributed by atoms with Crippen LogP contribution in [0.1, 0.15) is 17.2 Å². The summed E-state index contributed by atoms with van der Waals surface area (Å²) in [7, 11) is 0. The van der Waals surface area contributed by atoms with E-state index in [1.807, 2.05) is 0 Å². The second-order valence-electron chi connectivity index (χ2n) is 4.41. The van der Waals surface area contributed by atoms with Crippen molar-refractivity contribution >= 4 is 43.5 Å². The zero-order valence-electron chi connectivity index (χ0n) is 10.6. The summed E-state index contributed by atoms with van der Waals surface area (Å²) in [5.74, 6) is 4.29. The Hall–Kier alpha value is -0.530. The van der Waals surface area contributed by atoms with E-state index >= 15 is 0 Å². The smallest absolute Gasteiger partial charge is 0.143 e. The van der Waals surface area contributed by atoms with Gasteiger partial charge in [-0.05, 0) is 58.2 Å². The summed E-state index contributed by atoms with van der Waals surface area (Å²) in [6, 6.07) is 7.22. The molecule has 2 nitrogen and oxygen atoms in total. The molecule has 2 aromatic carbocycles. The Labute approximate surface area is 142 Å². The predicted octanol–water partition coefficient (Wildman–Crippen LogP) is 4.89. The monoisotopic (exact) mass is 438 g/mol. The molecular formula is C14H11Br2ClF2N2. The Morgan fingerprint density at radius 2 is 1.81 bits per heavy atom. The number of nitrogens with two attached hydrogens (primary N) is 1. The molecule has 0 spiro atoms. The highest BCUT2D eigenvalue weighted by Gasteiger charge is 2.20. The summed E-state index contributed by atoms with van der Waals surface area (Å²) >= 11 is 12.4. The van der Waals surface area contributed by atoms with Gasteiger partial charge >= 0.3 is 0 Å². The quantitative estimate of drug-likeness (QED) is 0.404. The lowest BCUT2D eigenvalue weighted by atomic mass is 9.98. The molecule has 0 bridgehead atoms. The summed E-state index contributed by atoms with van der Waals surface area (Å²) in [6.07, 6.45) is 0.0482. The third-order valence-corrected chi connectivity index (χ3v) is 4.65. The van der Waals surface area contributed by atoms with Crippen molar-refractivity contribution in [2.45, 2.75) is 12.5 Å². The fourth-order valence-electron chi connectivity index (χ4n) is 2.00. The van der Waals surface area contributed by atoms with Crippen molar-refractivity contribution in [2.75, 3.05) is 0 Å². The zero-order chi connectivity index (χ0) is 15.6. The van der Waals surface area contributed by atoms with Crippen molar-refractivity contribution in [2.24, 2.45) is 5.84 Å². The van der Waals surface area contributed by atoms with Gasteiger partial charge in [0.05, 0.1) is 10.5 Å². The number of halogens is 5. The summed E-state index contributed by atoms with van der Waals surface area (Å²) in [5, 5.41) is 0.517. The van der Waals surface area contributed by atoms with E-state index < -0.39 is 17.7 Å². The molecule has 0 aliphatic heterocycles. The molecule has 2 aromatic rings. The molecule has 0 fully saturated rings. The molecule has 0 aliphatic rings. The van der Waals surface area contributed by atoms with Gasteiger partial charge in [0, 0.05) is 15.1 Å². The van der Waals surface area contributed by atoms with Crippen LogP contribution in [0.5, 0.6) is 0 Å². The van der Waals surface area contributed by atoms with Crippen molar-refractivity contribution in [3.05, 3.63) is 67.1 Å². The maximum atomic E-state index is 14.1. The lowest BCUT2D eigenvalue weighted by Gasteiger charge is -2.19. The van der Waals surface area contributed by atoms with Crippen molar-refractivity contribution in [1.29, 1.82) is 0 Å². The van der Waals surface area contributed by atoms with Gasteiger partial charge in [-0.25, -0.2) is 8.78 Å². The predicted molar refractivity (Wildman–Crippen MR) is 87.0 cm³/mol. The number of nitrogens with one attached hydrogen (secondary N) is 1. The SMILES string of the molecule is NNC(Cc1c(F)ccc(Br)c1F)c1cc(Cl)ccc1Br. The molecule has 0 saturated heterocycles. The van der Waals surface area contributed by atoms with Crippen LogP contribution < -0.4 is 11.3 Å². The fraction of sp³-hybridized carbons (Fsp3) is 0.143. The maximum absolute atomic E-state index is 14.1. The largest absolute Gasteiger partial charge is 0.271 e. The maximum Gasteiger partial charge on any atom is 0.143 e. The van der Waals surface area contributed by atoms with Crippen LogP contribution in [0.25, 0.3) is 0 Å². The minimum absolute atomic E-state index is 0.0424. The Kier molecular flexibility index (Phi) is 5.73. The molecule has 0 saturated carbocycles. The van der Waals surface area contributed by atoms with Gasteiger partial charge in [0.15, 0.2) is 0 Å². The van der Waals surface area contributed by atoms with Crippen LogP contribution in [0.3, 0.4) is 0 Å². The molecule has 112 valence electrons. The number of rotatable bonds is 4. The van der Waals surface area contributed by atoms with Crippen LogP contribution in [0, 0.1) is 11.6 Å². The van der Waals surface area contributed by atoms with Gasteiger partial charge in [-0.2, -0.15) is 0 Å². The van der Waals surface area contributed by atoms with Gasteiger partial charge in [0.2, 0.25) is 0 Å². The van der Waals surface area contributed by atoms with Crippen LogP contribution in [0.15, 0.2) is 39.3 Å². The van der Waals surface area contributed by atoms with E-state index in [1.165, 1.54) is 12.1 Å². The first kappa shape index (κ1) is 16.8. The molecule has 0 aliphatic carbocycles. The summed E-state index contributed by atoms with van der Waals surface area (Å²) < 4.78 is 28.9. The average molecular weight is 441 g/mol. The Morgan fingerprint density at radius 3 is 2.48 bits per heavy atom. The average Bonchev–Trinajstić information content (AvgIpc) is 2.46. The second-order valence-corrected chi connectivity index (χ2v) is 6.56. The normalized spacial score (nSPS) is 12.5. The highest BCUT2D eigenvalue weighted by atomic mass is 79.9. The molecule has 2 rings (SSSR count). The topological polar surface area (TPSA) is 38.0 Å². The molecule has 0 amide bonds. The zero-order valence-corrected chi connectivity index (χ0v) is 14.6. The Morgan fingerprint density at radius 1 is 1.14 bits per heavy atom. The number of hydrazine groups is 1. The van der Waals surface area contributed by atoms with Gasteiger partial charge in [0.25, 0.3) is 0 Å². The summed E-state index contributed by atoms with van der Waals surface area (Å²) in [5.41, 5.74) is 3.25. The van der Waals surface area contributed by atoms with Crippen molar-refractivity contribution in [3.63, 3.8) is 0 Å². The molecule has 1 atom stereocenters. The fourth-order valence-corrected chi connectivity index (χ4v) is 3.08. The van der Waals surface area contributed by atoms with E-state index in [4.69, 9.17) is 17.4 Å². The van der Waals surface area contributed by atoms with Crippen LogP contribution in [0.4, 0.5) is 8.78 Å². The third-order valence-electron chi connectivity index (χ3n) is 3.08. The first-order chi connectivity index (χ1) is 9.93. The Bertz CT molecular complexity index is 668. The number of hydrogen-bond donors (Lipinski definition) is 2. The van der Waals surface area contributed by atoms with Crippen LogP contribution in [-0.2, 0) is 6.42 Å². The highest BCUT2D eigenvalue weighted by Crippen LogP contribution is 2.31. The lowest BCUT2D eigenvalue weighted by Crippen LogP contribution is -2.30. The first-order valence-corrected chi connectivity index (χ1v) is 7.94. The summed E-state index contributed by atoms with van der Waals surface area (Å²) in [6.45, 7) is 0. The van der Waals surface area contributed by atoms with E-state index in [0.717, 1.165) is 10.0 Å². The molecule has 1 unspecified atom stereocenters. The molecular weight excluding hydrogens is 429 g/mol. The van der Waals surface area contributed by atoms with Gasteiger partial charge in [-0.1, -0.05) is 27.5 Å². The van der Waals surface area contributed by atoms with Crippen LogP contribution in [-0.4, -0.2) is 0 Å². The van der Waals surface area contributed by atoms with E-state index in [9.17, 15) is 8.78 Å². The van der Waals surface area contributed by atoms with E-state index in [-0.39, 0.29) is 16.5 Å². The molecule has 21 heavy (non-hydrogen) atoms. The number of benzene rings is 2. The molecule has 0 heterocycles. The van der Waals surface area contributed by atoms with Crippen molar-refractivity contribution in [3.8, 4) is 0 Å². The summed E-state index contributed by atoms with van der Waals surface area (Å²) in [4.78, 5) is 0. The first-order valence-electron chi connectivity index (χ1n) is 5.97. The van der Waals surface area contributed by atoms with E-state index in [2.05, 4.69) is 37.3 Å². The van der Waals surface area contributed by atoms with Gasteiger partial charge in [-0.3, -0.25) is 11.3 Å². The third kappa shape index (κ3) is 3.81. The molecule has 7 heteroatoms. The van der Waals surface area contributed by atoms with Gasteiger partial charge in [0.1, 0.15) is 11.6 Å². The molecule has 0 radical (unpaired) electrons. The van der Waals surface area contributed by atoms with Crippen molar-refractivity contribution in [1.82, 2.24) is 5.43 Å². The lowest BCUT2D eigenvalue weighted by molar-refractivity contribution is 0.497. The van der Waals surface area contributed by atoms with E-state index in [0.29, 0.717) is 5.02 Å².